The van der Waals surface area contributed by atoms with Gasteiger partial charge in [0.25, 0.3) is 5.91 Å². The molecule has 2 N–H and O–H groups in total. The summed E-state index contributed by atoms with van der Waals surface area (Å²) in [5, 5.41) is 5.41. The van der Waals surface area contributed by atoms with Gasteiger partial charge in [-0.25, -0.2) is 4.39 Å². The van der Waals surface area contributed by atoms with Gasteiger partial charge in [0, 0.05) is 13.1 Å². The summed E-state index contributed by atoms with van der Waals surface area (Å²) in [6, 6.07) is 10.8. The molecular weight excluding hydrogens is 339 g/mol. The first-order chi connectivity index (χ1) is 12.5. The number of halogens is 1. The third-order valence-corrected chi connectivity index (χ3v) is 3.67. The van der Waals surface area contributed by atoms with Crippen LogP contribution in [-0.4, -0.2) is 39.1 Å². The average molecular weight is 360 g/mol. The highest BCUT2D eigenvalue weighted by molar-refractivity contribution is 5.99. The molecule has 2 aromatic rings. The van der Waals surface area contributed by atoms with Crippen molar-refractivity contribution in [2.75, 3.05) is 27.3 Å². The number of hydrogen-bond acceptors (Lipinski definition) is 4. The quantitative estimate of drug-likeness (QED) is 0.706. The molecule has 2 aromatic carbocycles. The number of amides is 2. The Hall–Kier alpha value is -3.09. The molecule has 138 valence electrons. The zero-order valence-corrected chi connectivity index (χ0v) is 14.7. The highest BCUT2D eigenvalue weighted by Crippen LogP contribution is 2.27. The molecule has 0 heterocycles. The van der Waals surface area contributed by atoms with Gasteiger partial charge in [-0.2, -0.15) is 0 Å². The highest BCUT2D eigenvalue weighted by Gasteiger charge is 2.17. The zero-order valence-electron chi connectivity index (χ0n) is 14.7. The third-order valence-electron chi connectivity index (χ3n) is 3.67. The van der Waals surface area contributed by atoms with Crippen LogP contribution in [-0.2, 0) is 11.2 Å². The van der Waals surface area contributed by atoms with Gasteiger partial charge in [-0.3, -0.25) is 9.59 Å². The Kier molecular flexibility index (Phi) is 6.96. The fourth-order valence-electron chi connectivity index (χ4n) is 2.39. The van der Waals surface area contributed by atoms with E-state index in [4.69, 9.17) is 9.47 Å². The van der Waals surface area contributed by atoms with Gasteiger partial charge in [-0.15, -0.1) is 0 Å². The second-order valence-corrected chi connectivity index (χ2v) is 5.45. The Bertz CT molecular complexity index is 740. The van der Waals surface area contributed by atoms with E-state index >= 15 is 0 Å². The van der Waals surface area contributed by atoms with E-state index in [9.17, 15) is 14.0 Å². The Morgan fingerprint density at radius 1 is 0.923 bits per heavy atom. The van der Waals surface area contributed by atoms with Crippen LogP contribution < -0.4 is 20.1 Å². The molecule has 2 rings (SSSR count). The van der Waals surface area contributed by atoms with Crippen molar-refractivity contribution < 1.29 is 23.5 Å². The van der Waals surface area contributed by atoms with Gasteiger partial charge in [-0.1, -0.05) is 18.2 Å². The molecule has 0 aliphatic heterocycles. The van der Waals surface area contributed by atoms with Gasteiger partial charge in [0.15, 0.2) is 0 Å². The molecule has 0 fully saturated rings. The predicted molar refractivity (Wildman–Crippen MR) is 95.0 cm³/mol. The van der Waals surface area contributed by atoms with Crippen molar-refractivity contribution in [1.29, 1.82) is 0 Å². The summed E-state index contributed by atoms with van der Waals surface area (Å²) in [4.78, 5) is 24.2. The van der Waals surface area contributed by atoms with Crippen LogP contribution in [0.5, 0.6) is 11.5 Å². The van der Waals surface area contributed by atoms with Gasteiger partial charge in [0.05, 0.1) is 20.6 Å². The molecule has 2 amide bonds. The fourth-order valence-corrected chi connectivity index (χ4v) is 2.39. The summed E-state index contributed by atoms with van der Waals surface area (Å²) in [6.07, 6.45) is 0.147. The van der Waals surface area contributed by atoms with Crippen molar-refractivity contribution in [3.05, 3.63) is 59.4 Å². The predicted octanol–water partition coefficient (Wildman–Crippen LogP) is 1.93. The molecule has 0 atom stereocenters. The van der Waals surface area contributed by atoms with Crippen LogP contribution in [0.1, 0.15) is 15.9 Å². The van der Waals surface area contributed by atoms with Gasteiger partial charge in [0.1, 0.15) is 22.9 Å². The number of ether oxygens (including phenoxy) is 2. The molecule has 26 heavy (non-hydrogen) atoms. The van der Waals surface area contributed by atoms with Crippen molar-refractivity contribution in [3.8, 4) is 11.5 Å². The molecule has 0 unspecified atom stereocenters. The van der Waals surface area contributed by atoms with Crippen LogP contribution in [0.2, 0.25) is 0 Å². The third kappa shape index (κ3) is 5.20. The van der Waals surface area contributed by atoms with Gasteiger partial charge >= 0.3 is 0 Å². The lowest BCUT2D eigenvalue weighted by molar-refractivity contribution is -0.120. The number of nitrogens with one attached hydrogen (secondary N) is 2. The highest BCUT2D eigenvalue weighted by atomic mass is 19.1. The van der Waals surface area contributed by atoms with Crippen molar-refractivity contribution in [1.82, 2.24) is 10.6 Å². The molecule has 0 aliphatic rings. The van der Waals surface area contributed by atoms with Crippen LogP contribution in [0.4, 0.5) is 4.39 Å². The molecule has 7 heteroatoms. The summed E-state index contributed by atoms with van der Waals surface area (Å²) in [7, 11) is 2.95. The number of rotatable bonds is 8. The van der Waals surface area contributed by atoms with Crippen molar-refractivity contribution in [2.24, 2.45) is 0 Å². The standard InChI is InChI=1S/C19H21FN2O4/c1-25-15-4-3-5-16(26-2)18(15)19(24)22-11-10-21-17(23)12-13-6-8-14(20)9-7-13/h3-9H,10-12H2,1-2H3,(H,21,23)(H,22,24). The zero-order chi connectivity index (χ0) is 18.9. The minimum atomic E-state index is -0.355. The van der Waals surface area contributed by atoms with Gasteiger partial charge in [-0.05, 0) is 29.8 Å². The maximum Gasteiger partial charge on any atom is 0.258 e. The van der Waals surface area contributed by atoms with Crippen molar-refractivity contribution in [3.63, 3.8) is 0 Å². The minimum Gasteiger partial charge on any atom is -0.496 e. The Balaban J connectivity index is 1.82. The van der Waals surface area contributed by atoms with E-state index in [0.29, 0.717) is 22.6 Å². The van der Waals surface area contributed by atoms with Crippen LogP contribution in [0, 0.1) is 5.82 Å². The summed E-state index contributed by atoms with van der Waals surface area (Å²) in [5.74, 6) is -0.0964. The monoisotopic (exact) mass is 360 g/mol. The molecule has 0 saturated heterocycles. The molecule has 6 nitrogen and oxygen atoms in total. The maximum atomic E-state index is 12.8. The van der Waals surface area contributed by atoms with E-state index in [1.165, 1.54) is 26.4 Å². The topological polar surface area (TPSA) is 76.7 Å². The number of hydrogen-bond donors (Lipinski definition) is 2. The first kappa shape index (κ1) is 19.2. The normalized spacial score (nSPS) is 10.1. The summed E-state index contributed by atoms with van der Waals surface area (Å²) >= 11 is 0. The van der Waals surface area contributed by atoms with Crippen LogP contribution in [0.3, 0.4) is 0 Å². The summed E-state index contributed by atoms with van der Waals surface area (Å²) < 4.78 is 23.2. The lowest BCUT2D eigenvalue weighted by Crippen LogP contribution is -2.35. The summed E-state index contributed by atoms with van der Waals surface area (Å²) in [5.41, 5.74) is 1.02. The number of carbonyl (C=O) groups is 2. The molecule has 0 radical (unpaired) electrons. The summed E-state index contributed by atoms with van der Waals surface area (Å²) in [6.45, 7) is 0.512. The van der Waals surface area contributed by atoms with E-state index in [0.717, 1.165) is 0 Å². The van der Waals surface area contributed by atoms with Gasteiger partial charge < -0.3 is 20.1 Å². The molecule has 0 spiro atoms. The molecule has 0 aromatic heterocycles. The smallest absolute Gasteiger partial charge is 0.258 e. The molecule has 0 aliphatic carbocycles. The average Bonchev–Trinajstić information content (AvgIpc) is 2.66. The first-order valence-electron chi connectivity index (χ1n) is 8.05. The largest absolute Gasteiger partial charge is 0.496 e. The van der Waals surface area contributed by atoms with Crippen LogP contribution >= 0.6 is 0 Å². The van der Waals surface area contributed by atoms with E-state index < -0.39 is 0 Å². The maximum absolute atomic E-state index is 12.8. The van der Waals surface area contributed by atoms with E-state index in [2.05, 4.69) is 10.6 Å². The Labute approximate surface area is 151 Å². The lowest BCUT2D eigenvalue weighted by atomic mass is 10.1. The fraction of sp³-hybridized carbons (Fsp3) is 0.263. The molecular formula is C19H21FN2O4. The van der Waals surface area contributed by atoms with E-state index in [-0.39, 0.29) is 37.1 Å². The second kappa shape index (κ2) is 9.41. The minimum absolute atomic E-state index is 0.147. The van der Waals surface area contributed by atoms with Crippen LogP contribution in [0.15, 0.2) is 42.5 Å². The lowest BCUT2D eigenvalue weighted by Gasteiger charge is -2.13. The van der Waals surface area contributed by atoms with E-state index in [1.54, 1.807) is 30.3 Å². The van der Waals surface area contributed by atoms with E-state index in [1.807, 2.05) is 0 Å². The first-order valence-corrected chi connectivity index (χ1v) is 8.05. The number of benzene rings is 2. The second-order valence-electron chi connectivity index (χ2n) is 5.45. The Morgan fingerprint density at radius 2 is 1.50 bits per heavy atom. The molecule has 0 bridgehead atoms. The Morgan fingerprint density at radius 3 is 2.08 bits per heavy atom. The SMILES string of the molecule is COc1cccc(OC)c1C(=O)NCCNC(=O)Cc1ccc(F)cc1. The van der Waals surface area contributed by atoms with Crippen molar-refractivity contribution in [2.45, 2.75) is 6.42 Å². The van der Waals surface area contributed by atoms with Crippen LogP contribution in [0.25, 0.3) is 0 Å². The van der Waals surface area contributed by atoms with Crippen molar-refractivity contribution >= 4 is 11.8 Å². The number of carbonyl (C=O) groups excluding carboxylic acids is 2. The molecule has 0 saturated carbocycles. The number of methoxy groups -OCH3 is 2. The van der Waals surface area contributed by atoms with Gasteiger partial charge in [0.2, 0.25) is 5.91 Å².